The molecule has 0 atom stereocenters. The lowest BCUT2D eigenvalue weighted by Crippen LogP contribution is -2.44. The van der Waals surface area contributed by atoms with Gasteiger partial charge in [-0.1, -0.05) is 19.1 Å². The van der Waals surface area contributed by atoms with Crippen molar-refractivity contribution in [3.8, 4) is 0 Å². The van der Waals surface area contributed by atoms with Crippen LogP contribution in [0.1, 0.15) is 40.2 Å². The zero-order chi connectivity index (χ0) is 20.6. The van der Waals surface area contributed by atoms with Crippen molar-refractivity contribution < 1.29 is 14.3 Å². The highest BCUT2D eigenvalue weighted by Gasteiger charge is 2.33. The van der Waals surface area contributed by atoms with Gasteiger partial charge in [-0.3, -0.25) is 10.3 Å². The van der Waals surface area contributed by atoms with E-state index in [1.165, 1.54) is 5.56 Å². The highest BCUT2D eigenvalue weighted by molar-refractivity contribution is 14.0. The van der Waals surface area contributed by atoms with Crippen LogP contribution in [0.3, 0.4) is 0 Å². The fraction of sp³-hybridized carbons (Fsp3) is 0.619. The van der Waals surface area contributed by atoms with Crippen LogP contribution in [0.25, 0.3) is 0 Å². The van der Waals surface area contributed by atoms with Crippen LogP contribution < -0.4 is 16.0 Å². The number of benzene rings is 1. The lowest BCUT2D eigenvalue weighted by atomic mass is 9.89. The minimum absolute atomic E-state index is 0. The van der Waals surface area contributed by atoms with Crippen LogP contribution in [0.5, 0.6) is 0 Å². The maximum absolute atomic E-state index is 11.8. The Morgan fingerprint density at radius 3 is 2.38 bits per heavy atom. The molecule has 1 aliphatic heterocycles. The highest BCUT2D eigenvalue weighted by Crippen LogP contribution is 2.26. The summed E-state index contributed by atoms with van der Waals surface area (Å²) in [6.07, 6.45) is 0.413. The Labute approximate surface area is 191 Å². The quantitative estimate of drug-likeness (QED) is 0.291. The molecular formula is C21H35IN4O3. The molecule has 3 N–H and O–H groups in total. The smallest absolute Gasteiger partial charge is 0.412 e. The summed E-state index contributed by atoms with van der Waals surface area (Å²) < 4.78 is 10.5. The van der Waals surface area contributed by atoms with Crippen molar-refractivity contribution in [1.29, 1.82) is 0 Å². The summed E-state index contributed by atoms with van der Waals surface area (Å²) >= 11 is 0. The van der Waals surface area contributed by atoms with Crippen molar-refractivity contribution in [2.45, 2.75) is 46.6 Å². The minimum atomic E-state index is -0.509. The van der Waals surface area contributed by atoms with Crippen molar-refractivity contribution in [3.05, 3.63) is 29.8 Å². The second-order valence-electron chi connectivity index (χ2n) is 8.50. The maximum Gasteiger partial charge on any atom is 0.412 e. The molecule has 1 aliphatic rings. The van der Waals surface area contributed by atoms with Gasteiger partial charge in [0.15, 0.2) is 5.96 Å². The van der Waals surface area contributed by atoms with Gasteiger partial charge in [0.05, 0.1) is 19.8 Å². The third-order valence-corrected chi connectivity index (χ3v) is 4.17. The number of aliphatic imine (C=N–C) groups is 1. The number of nitrogens with one attached hydrogen (secondary N) is 3. The van der Waals surface area contributed by atoms with E-state index < -0.39 is 11.7 Å². The average Bonchev–Trinajstić information content (AvgIpc) is 2.58. The molecule has 1 fully saturated rings. The summed E-state index contributed by atoms with van der Waals surface area (Å²) in [6.45, 7) is 13.7. The monoisotopic (exact) mass is 518 g/mol. The third kappa shape index (κ3) is 9.66. The summed E-state index contributed by atoms with van der Waals surface area (Å²) in [7, 11) is 0. The van der Waals surface area contributed by atoms with Crippen molar-refractivity contribution in [3.63, 3.8) is 0 Å². The van der Waals surface area contributed by atoms with Crippen molar-refractivity contribution in [2.24, 2.45) is 10.4 Å². The number of rotatable bonds is 7. The number of hydrogen-bond donors (Lipinski definition) is 3. The first-order valence-electron chi connectivity index (χ1n) is 9.88. The number of amides is 1. The highest BCUT2D eigenvalue weighted by atomic mass is 127. The van der Waals surface area contributed by atoms with Gasteiger partial charge in [0.1, 0.15) is 5.60 Å². The molecule has 1 saturated heterocycles. The number of halogens is 1. The van der Waals surface area contributed by atoms with Gasteiger partial charge in [-0.15, -0.1) is 24.0 Å². The molecule has 0 aromatic heterocycles. The first kappa shape index (κ1) is 25.5. The van der Waals surface area contributed by atoms with Crippen LogP contribution in [0.2, 0.25) is 0 Å². The van der Waals surface area contributed by atoms with E-state index in [4.69, 9.17) is 9.47 Å². The van der Waals surface area contributed by atoms with Gasteiger partial charge < -0.3 is 20.1 Å². The predicted molar refractivity (Wildman–Crippen MR) is 128 cm³/mol. The van der Waals surface area contributed by atoms with E-state index in [0.717, 1.165) is 50.9 Å². The van der Waals surface area contributed by atoms with Crippen LogP contribution in [-0.2, 0) is 15.9 Å². The van der Waals surface area contributed by atoms with Gasteiger partial charge in [0.2, 0.25) is 0 Å². The van der Waals surface area contributed by atoms with E-state index in [0.29, 0.717) is 0 Å². The molecule has 0 saturated carbocycles. The molecule has 1 aromatic carbocycles. The molecule has 1 amide bonds. The molecule has 8 heteroatoms. The van der Waals surface area contributed by atoms with E-state index in [1.54, 1.807) is 0 Å². The number of guanidine groups is 1. The Balaban J connectivity index is 0.00000420. The number of anilines is 1. The van der Waals surface area contributed by atoms with Crippen LogP contribution in [0.15, 0.2) is 29.3 Å². The van der Waals surface area contributed by atoms with Gasteiger partial charge in [-0.25, -0.2) is 4.79 Å². The molecule has 164 valence electrons. The SMILES string of the molecule is CCNC(=NCC1(C)COC1)NCCc1ccc(NC(=O)OC(C)(C)C)cc1.I. The Bertz CT molecular complexity index is 667. The standard InChI is InChI=1S/C21H34N4O3.HI/c1-6-22-18(24-13-21(5)14-27-15-21)23-12-11-16-7-9-17(10-8-16)25-19(26)28-20(2,3)4;/h7-10H,6,11-15H2,1-5H3,(H,25,26)(H2,22,23,24);1H. The summed E-state index contributed by atoms with van der Waals surface area (Å²) in [5.41, 5.74) is 1.55. The number of ether oxygens (including phenoxy) is 2. The Hall–Kier alpha value is -1.55. The van der Waals surface area contributed by atoms with Crippen molar-refractivity contribution >= 4 is 41.7 Å². The minimum Gasteiger partial charge on any atom is -0.444 e. The molecule has 0 aliphatic carbocycles. The van der Waals surface area contributed by atoms with Gasteiger partial charge in [0, 0.05) is 24.2 Å². The normalized spacial score (nSPS) is 15.6. The van der Waals surface area contributed by atoms with Crippen LogP contribution in [-0.4, -0.2) is 50.5 Å². The largest absolute Gasteiger partial charge is 0.444 e. The lowest BCUT2D eigenvalue weighted by molar-refractivity contribution is -0.0945. The average molecular weight is 518 g/mol. The van der Waals surface area contributed by atoms with Crippen molar-refractivity contribution in [1.82, 2.24) is 10.6 Å². The topological polar surface area (TPSA) is 84.0 Å². The lowest BCUT2D eigenvalue weighted by Gasteiger charge is -2.36. The maximum atomic E-state index is 11.8. The summed E-state index contributed by atoms with van der Waals surface area (Å²) in [6, 6.07) is 7.78. The molecule has 2 rings (SSSR count). The number of carbonyl (C=O) groups is 1. The number of carbonyl (C=O) groups excluding carboxylic acids is 1. The zero-order valence-electron chi connectivity index (χ0n) is 18.1. The molecule has 1 heterocycles. The molecule has 0 unspecified atom stereocenters. The molecule has 7 nitrogen and oxygen atoms in total. The molecular weight excluding hydrogens is 483 g/mol. The molecule has 1 aromatic rings. The van der Waals surface area contributed by atoms with Gasteiger partial charge in [-0.2, -0.15) is 0 Å². The van der Waals surface area contributed by atoms with Crippen molar-refractivity contribution in [2.75, 3.05) is 38.2 Å². The van der Waals surface area contributed by atoms with Gasteiger partial charge >= 0.3 is 6.09 Å². The fourth-order valence-corrected chi connectivity index (χ4v) is 2.65. The Morgan fingerprint density at radius 1 is 1.21 bits per heavy atom. The fourth-order valence-electron chi connectivity index (χ4n) is 2.65. The van der Waals surface area contributed by atoms with E-state index in [2.05, 4.69) is 34.8 Å². The molecule has 0 bridgehead atoms. The predicted octanol–water partition coefficient (Wildman–Crippen LogP) is 3.79. The van der Waals surface area contributed by atoms with E-state index in [-0.39, 0.29) is 29.4 Å². The van der Waals surface area contributed by atoms with Gasteiger partial charge in [0.25, 0.3) is 0 Å². The molecule has 29 heavy (non-hydrogen) atoms. The van der Waals surface area contributed by atoms with E-state index in [9.17, 15) is 4.79 Å². The van der Waals surface area contributed by atoms with Crippen LogP contribution in [0.4, 0.5) is 10.5 Å². The van der Waals surface area contributed by atoms with E-state index in [1.807, 2.05) is 45.0 Å². The Morgan fingerprint density at radius 2 is 1.86 bits per heavy atom. The Kier molecular flexibility index (Phi) is 10.2. The van der Waals surface area contributed by atoms with Crippen LogP contribution in [0, 0.1) is 5.41 Å². The summed E-state index contributed by atoms with van der Waals surface area (Å²) in [5.74, 6) is 0.832. The second kappa shape index (κ2) is 11.6. The van der Waals surface area contributed by atoms with E-state index >= 15 is 0 Å². The molecule has 0 radical (unpaired) electrons. The third-order valence-electron chi connectivity index (χ3n) is 4.17. The van der Waals surface area contributed by atoms with Gasteiger partial charge in [-0.05, 0) is 51.8 Å². The summed E-state index contributed by atoms with van der Waals surface area (Å²) in [5, 5.41) is 9.39. The second-order valence-corrected chi connectivity index (χ2v) is 8.50. The first-order valence-corrected chi connectivity index (χ1v) is 9.88. The molecule has 0 spiro atoms. The number of nitrogens with zero attached hydrogens (tertiary/aromatic N) is 1. The zero-order valence-corrected chi connectivity index (χ0v) is 20.5. The first-order chi connectivity index (χ1) is 13.2. The van der Waals surface area contributed by atoms with Crippen LogP contribution >= 0.6 is 24.0 Å². The summed E-state index contributed by atoms with van der Waals surface area (Å²) in [4.78, 5) is 16.5. The number of hydrogen-bond acceptors (Lipinski definition) is 4.